The lowest BCUT2D eigenvalue weighted by Gasteiger charge is -2.42. The Kier molecular flexibility index (Phi) is 6.92. The van der Waals surface area contributed by atoms with Gasteiger partial charge in [0.05, 0.1) is 0 Å². The summed E-state index contributed by atoms with van der Waals surface area (Å²) in [5.41, 5.74) is 3.10. The summed E-state index contributed by atoms with van der Waals surface area (Å²) in [4.78, 5) is 27.1. The third-order valence-electron chi connectivity index (χ3n) is 8.38. The molecule has 2 heterocycles. The molecule has 7 heteroatoms. The summed E-state index contributed by atoms with van der Waals surface area (Å²) in [6, 6.07) is 6.55. The van der Waals surface area contributed by atoms with Gasteiger partial charge >= 0.3 is 0 Å². The van der Waals surface area contributed by atoms with Crippen LogP contribution < -0.4 is 5.32 Å². The maximum atomic E-state index is 13.3. The number of likely N-dealkylation sites (tertiary alicyclic amines) is 1. The van der Waals surface area contributed by atoms with E-state index in [2.05, 4.69) is 36.7 Å². The third-order valence-corrected chi connectivity index (χ3v) is 8.38. The number of aryl methyl sites for hydroxylation is 2. The number of hydrogen-bond donors (Lipinski definition) is 1. The number of anilines is 1. The molecule has 0 bridgehead atoms. The second-order valence-corrected chi connectivity index (χ2v) is 12.0. The Balaban J connectivity index is 1.37. The van der Waals surface area contributed by atoms with Crippen LogP contribution in [0.3, 0.4) is 0 Å². The molecule has 3 aliphatic rings. The van der Waals surface area contributed by atoms with Crippen molar-refractivity contribution in [1.82, 2.24) is 19.7 Å². The highest BCUT2D eigenvalue weighted by molar-refractivity contribution is 5.92. The van der Waals surface area contributed by atoms with Crippen molar-refractivity contribution in [2.45, 2.75) is 91.0 Å². The molecule has 1 aromatic carbocycles. The fraction of sp³-hybridized carbons (Fsp3) is 0.655. The molecule has 3 fully saturated rings. The van der Waals surface area contributed by atoms with E-state index in [1.807, 2.05) is 24.0 Å². The van der Waals surface area contributed by atoms with Gasteiger partial charge in [0.25, 0.3) is 0 Å². The van der Waals surface area contributed by atoms with E-state index in [0.29, 0.717) is 31.5 Å². The highest BCUT2D eigenvalue weighted by Gasteiger charge is 2.43. The third kappa shape index (κ3) is 5.21. The fourth-order valence-corrected chi connectivity index (χ4v) is 6.21. The van der Waals surface area contributed by atoms with E-state index in [1.54, 1.807) is 6.92 Å². The van der Waals surface area contributed by atoms with E-state index in [-0.39, 0.29) is 23.7 Å². The Hall–Kier alpha value is -2.70. The molecule has 1 aromatic heterocycles. The molecule has 1 aliphatic heterocycles. The number of rotatable bonds is 9. The summed E-state index contributed by atoms with van der Waals surface area (Å²) in [6.45, 7) is 11.7. The van der Waals surface area contributed by atoms with Crippen molar-refractivity contribution in [2.75, 3.05) is 18.4 Å². The van der Waals surface area contributed by atoms with Gasteiger partial charge in [-0.1, -0.05) is 31.5 Å². The molecule has 0 radical (unpaired) electrons. The standard InChI is InChI=1S/C29H41N5O2/c1-17(2)10-21-12-22(13-21)28-31-32-29(34(28)24-7-8-24)25(23-15-33(16-23)20(5)35)14-27(36)30-26-9-6-18(3)11-19(26)4/h6,9,11,17,21-25H,7-8,10,12-16H2,1-5H3,(H,30,36)/t21-,22+,25-/m1/s1. The summed E-state index contributed by atoms with van der Waals surface area (Å²) < 4.78 is 2.40. The average Bonchev–Trinajstić information content (AvgIpc) is 3.49. The molecule has 2 saturated carbocycles. The molecule has 2 aromatic rings. The number of amides is 2. The van der Waals surface area contributed by atoms with Gasteiger partial charge in [0.2, 0.25) is 11.8 Å². The van der Waals surface area contributed by atoms with E-state index < -0.39 is 0 Å². The van der Waals surface area contributed by atoms with Gasteiger partial charge < -0.3 is 14.8 Å². The summed E-state index contributed by atoms with van der Waals surface area (Å²) in [6.07, 6.45) is 6.35. The van der Waals surface area contributed by atoms with Gasteiger partial charge in [0.1, 0.15) is 11.6 Å². The van der Waals surface area contributed by atoms with Gasteiger partial charge in [-0.3, -0.25) is 9.59 Å². The Bertz CT molecular complexity index is 1120. The molecule has 5 rings (SSSR count). The van der Waals surface area contributed by atoms with Crippen molar-refractivity contribution >= 4 is 17.5 Å². The minimum atomic E-state index is -0.0419. The van der Waals surface area contributed by atoms with Gasteiger partial charge in [-0.15, -0.1) is 10.2 Å². The average molecular weight is 492 g/mol. The van der Waals surface area contributed by atoms with Crippen LogP contribution >= 0.6 is 0 Å². The Labute approximate surface area is 215 Å². The quantitative estimate of drug-likeness (QED) is 0.512. The topological polar surface area (TPSA) is 80.1 Å². The SMILES string of the molecule is CC(=O)N1CC([C@@H](CC(=O)Nc2ccc(C)cc2C)c2nnc([C@H]3C[C@@H](CC(C)C)C3)n2C2CC2)C1. The lowest BCUT2D eigenvalue weighted by Crippen LogP contribution is -2.52. The van der Waals surface area contributed by atoms with Crippen LogP contribution in [-0.4, -0.2) is 44.6 Å². The van der Waals surface area contributed by atoms with Crippen LogP contribution in [0.1, 0.15) is 99.9 Å². The molecule has 0 spiro atoms. The lowest BCUT2D eigenvalue weighted by atomic mass is 9.71. The molecular weight excluding hydrogens is 450 g/mol. The number of aromatic nitrogens is 3. The molecule has 1 saturated heterocycles. The second-order valence-electron chi connectivity index (χ2n) is 12.0. The minimum absolute atomic E-state index is 0.000710. The molecule has 2 amide bonds. The molecule has 194 valence electrons. The predicted octanol–water partition coefficient (Wildman–Crippen LogP) is 5.36. The first kappa shape index (κ1) is 25.0. The second kappa shape index (κ2) is 9.98. The van der Waals surface area contributed by atoms with Crippen molar-refractivity contribution in [3.8, 4) is 0 Å². The number of nitrogens with zero attached hydrogens (tertiary/aromatic N) is 4. The van der Waals surface area contributed by atoms with E-state index in [4.69, 9.17) is 10.2 Å². The van der Waals surface area contributed by atoms with Crippen molar-refractivity contribution in [2.24, 2.45) is 17.8 Å². The zero-order valence-electron chi connectivity index (χ0n) is 22.5. The van der Waals surface area contributed by atoms with Crippen LogP contribution in [-0.2, 0) is 9.59 Å². The summed E-state index contributed by atoms with van der Waals surface area (Å²) in [7, 11) is 0. The first-order chi connectivity index (χ1) is 17.2. The van der Waals surface area contributed by atoms with E-state index >= 15 is 0 Å². The van der Waals surface area contributed by atoms with Crippen LogP contribution in [0.5, 0.6) is 0 Å². The van der Waals surface area contributed by atoms with Crippen LogP contribution in [0.4, 0.5) is 5.69 Å². The Morgan fingerprint density at radius 3 is 2.44 bits per heavy atom. The number of carbonyl (C=O) groups excluding carboxylic acids is 2. The molecule has 2 aliphatic carbocycles. The van der Waals surface area contributed by atoms with Crippen molar-refractivity contribution < 1.29 is 9.59 Å². The highest BCUT2D eigenvalue weighted by Crippen LogP contribution is 2.48. The monoisotopic (exact) mass is 491 g/mol. The summed E-state index contributed by atoms with van der Waals surface area (Å²) in [5, 5.41) is 12.6. The van der Waals surface area contributed by atoms with E-state index in [0.717, 1.165) is 47.6 Å². The smallest absolute Gasteiger partial charge is 0.225 e. The van der Waals surface area contributed by atoms with Crippen LogP contribution in [0, 0.1) is 31.6 Å². The van der Waals surface area contributed by atoms with Crippen LogP contribution in [0.15, 0.2) is 18.2 Å². The maximum Gasteiger partial charge on any atom is 0.225 e. The molecule has 0 unspecified atom stereocenters. The van der Waals surface area contributed by atoms with E-state index in [1.165, 1.54) is 24.8 Å². The highest BCUT2D eigenvalue weighted by atomic mass is 16.2. The molecule has 7 nitrogen and oxygen atoms in total. The van der Waals surface area contributed by atoms with Gasteiger partial charge in [-0.05, 0) is 69.4 Å². The predicted molar refractivity (Wildman–Crippen MR) is 141 cm³/mol. The number of benzene rings is 1. The van der Waals surface area contributed by atoms with Crippen molar-refractivity contribution in [1.29, 1.82) is 0 Å². The fourth-order valence-electron chi connectivity index (χ4n) is 6.21. The minimum Gasteiger partial charge on any atom is -0.342 e. The molecule has 1 N–H and O–H groups in total. The maximum absolute atomic E-state index is 13.3. The zero-order valence-corrected chi connectivity index (χ0v) is 22.5. The molecular formula is C29H41N5O2. The Morgan fingerprint density at radius 1 is 1.11 bits per heavy atom. The summed E-state index contributed by atoms with van der Waals surface area (Å²) >= 11 is 0. The first-order valence-electron chi connectivity index (χ1n) is 13.8. The van der Waals surface area contributed by atoms with Crippen LogP contribution in [0.25, 0.3) is 0 Å². The Morgan fingerprint density at radius 2 is 1.83 bits per heavy atom. The molecule has 36 heavy (non-hydrogen) atoms. The van der Waals surface area contributed by atoms with Gasteiger partial charge in [-0.2, -0.15) is 0 Å². The number of nitrogens with one attached hydrogen (secondary N) is 1. The first-order valence-corrected chi connectivity index (χ1v) is 13.8. The normalized spacial score (nSPS) is 22.8. The van der Waals surface area contributed by atoms with Gasteiger partial charge in [0, 0.05) is 55.9 Å². The zero-order chi connectivity index (χ0) is 25.6. The summed E-state index contributed by atoms with van der Waals surface area (Å²) in [5.74, 6) is 4.38. The largest absolute Gasteiger partial charge is 0.342 e. The van der Waals surface area contributed by atoms with Crippen LogP contribution in [0.2, 0.25) is 0 Å². The number of carbonyl (C=O) groups is 2. The lowest BCUT2D eigenvalue weighted by molar-refractivity contribution is -0.135. The molecule has 1 atom stereocenters. The van der Waals surface area contributed by atoms with E-state index in [9.17, 15) is 9.59 Å². The van der Waals surface area contributed by atoms with Gasteiger partial charge in [0.15, 0.2) is 0 Å². The van der Waals surface area contributed by atoms with Gasteiger partial charge in [-0.25, -0.2) is 0 Å². The van der Waals surface area contributed by atoms with Crippen molar-refractivity contribution in [3.63, 3.8) is 0 Å². The number of hydrogen-bond acceptors (Lipinski definition) is 4. The van der Waals surface area contributed by atoms with Crippen molar-refractivity contribution in [3.05, 3.63) is 41.0 Å².